The molecule has 0 unspecified atom stereocenters. The molecule has 0 heterocycles. The van der Waals surface area contributed by atoms with E-state index in [0.29, 0.717) is 19.3 Å². The van der Waals surface area contributed by atoms with Crippen LogP contribution in [0.4, 0.5) is 0 Å². The van der Waals surface area contributed by atoms with Crippen molar-refractivity contribution in [2.24, 2.45) is 5.92 Å². The van der Waals surface area contributed by atoms with Crippen molar-refractivity contribution < 1.29 is 28.6 Å². The first-order chi connectivity index (χ1) is 25.4. The highest BCUT2D eigenvalue weighted by molar-refractivity contribution is 5.71. The summed E-state index contributed by atoms with van der Waals surface area (Å²) in [6.07, 6.45) is 39.4. The van der Waals surface area contributed by atoms with Crippen LogP contribution in [0.15, 0.2) is 0 Å². The van der Waals surface area contributed by atoms with Crippen molar-refractivity contribution in [3.05, 3.63) is 0 Å². The molecule has 0 rings (SSSR count). The van der Waals surface area contributed by atoms with Crippen LogP contribution in [0.5, 0.6) is 0 Å². The number of hydrogen-bond donors (Lipinski definition) is 0. The lowest BCUT2D eigenvalue weighted by atomic mass is 10.0. The number of unbranched alkanes of at least 4 members (excludes halogenated alkanes) is 28. The Labute approximate surface area is 323 Å². The molecule has 0 aliphatic rings. The van der Waals surface area contributed by atoms with Gasteiger partial charge in [-0.25, -0.2) is 0 Å². The Bertz CT molecular complexity index is 781. The molecule has 0 amide bonds. The van der Waals surface area contributed by atoms with Crippen molar-refractivity contribution >= 4 is 17.9 Å². The molecule has 0 spiro atoms. The van der Waals surface area contributed by atoms with Gasteiger partial charge < -0.3 is 14.2 Å². The molecule has 0 aromatic rings. The third-order valence-electron chi connectivity index (χ3n) is 10.3. The predicted octanol–water partition coefficient (Wildman–Crippen LogP) is 14.3. The first kappa shape index (κ1) is 50.4. The summed E-state index contributed by atoms with van der Waals surface area (Å²) in [5, 5.41) is 0. The average Bonchev–Trinajstić information content (AvgIpc) is 3.12. The maximum Gasteiger partial charge on any atom is 0.306 e. The molecule has 0 aromatic carbocycles. The summed E-state index contributed by atoms with van der Waals surface area (Å²) >= 11 is 0. The number of rotatable bonds is 41. The summed E-state index contributed by atoms with van der Waals surface area (Å²) in [6, 6.07) is 0. The van der Waals surface area contributed by atoms with Gasteiger partial charge in [-0.05, 0) is 25.2 Å². The molecule has 0 fully saturated rings. The lowest BCUT2D eigenvalue weighted by molar-refractivity contribution is -0.167. The van der Waals surface area contributed by atoms with Crippen molar-refractivity contribution in [1.29, 1.82) is 0 Å². The SMILES string of the molecule is CCCCCCCCCCCCCCC(=O)OC[C@@H](COC(=O)CCCCCCCCCCC)OC(=O)CCCCCCCCCCCCC(C)C. The van der Waals surface area contributed by atoms with Gasteiger partial charge in [0.1, 0.15) is 13.2 Å². The van der Waals surface area contributed by atoms with Crippen LogP contribution in [0.25, 0.3) is 0 Å². The first-order valence-corrected chi connectivity index (χ1v) is 22.9. The summed E-state index contributed by atoms with van der Waals surface area (Å²) in [7, 11) is 0. The standard InChI is InChI=1S/C46H88O6/c1-5-7-9-11-13-15-16-17-22-26-30-34-38-45(48)51-41-43(40-50-44(47)37-33-29-25-20-14-12-10-8-6-2)52-46(49)39-35-31-27-23-19-18-21-24-28-32-36-42(3)4/h42-43H,5-41H2,1-4H3/t43-/m1/s1. The molecular weight excluding hydrogens is 648 g/mol. The minimum Gasteiger partial charge on any atom is -0.462 e. The van der Waals surface area contributed by atoms with Gasteiger partial charge in [0, 0.05) is 19.3 Å². The van der Waals surface area contributed by atoms with Gasteiger partial charge in [-0.15, -0.1) is 0 Å². The van der Waals surface area contributed by atoms with Gasteiger partial charge in [0.05, 0.1) is 0 Å². The zero-order valence-corrected chi connectivity index (χ0v) is 35.3. The van der Waals surface area contributed by atoms with Crippen LogP contribution in [0.1, 0.15) is 252 Å². The number of esters is 3. The Kier molecular flexibility index (Phi) is 39.4. The number of carbonyl (C=O) groups excluding carboxylic acids is 3. The van der Waals surface area contributed by atoms with Crippen LogP contribution >= 0.6 is 0 Å². The van der Waals surface area contributed by atoms with Gasteiger partial charge >= 0.3 is 17.9 Å². The van der Waals surface area contributed by atoms with E-state index < -0.39 is 6.10 Å². The van der Waals surface area contributed by atoms with Crippen LogP contribution < -0.4 is 0 Å². The molecule has 0 aromatic heterocycles. The summed E-state index contributed by atoms with van der Waals surface area (Å²) in [5.74, 6) is -0.0401. The molecule has 0 saturated carbocycles. The van der Waals surface area contributed by atoms with E-state index in [4.69, 9.17) is 14.2 Å². The summed E-state index contributed by atoms with van der Waals surface area (Å²) < 4.78 is 16.7. The summed E-state index contributed by atoms with van der Waals surface area (Å²) in [5.41, 5.74) is 0. The molecule has 6 nitrogen and oxygen atoms in total. The van der Waals surface area contributed by atoms with E-state index in [1.807, 2.05) is 0 Å². The Morgan fingerprint density at radius 3 is 0.942 bits per heavy atom. The zero-order chi connectivity index (χ0) is 38.2. The van der Waals surface area contributed by atoms with Gasteiger partial charge in [0.15, 0.2) is 6.10 Å². The van der Waals surface area contributed by atoms with E-state index in [9.17, 15) is 14.4 Å². The van der Waals surface area contributed by atoms with Crippen LogP contribution in [-0.4, -0.2) is 37.2 Å². The molecule has 0 aliphatic carbocycles. The minimum atomic E-state index is -0.758. The average molecular weight is 737 g/mol. The van der Waals surface area contributed by atoms with E-state index in [2.05, 4.69) is 27.7 Å². The van der Waals surface area contributed by atoms with E-state index in [1.165, 1.54) is 148 Å². The van der Waals surface area contributed by atoms with Gasteiger partial charge in [-0.3, -0.25) is 14.4 Å². The fourth-order valence-corrected chi connectivity index (χ4v) is 6.80. The Hall–Kier alpha value is -1.59. The minimum absolute atomic E-state index is 0.0639. The fraction of sp³-hybridized carbons (Fsp3) is 0.935. The Morgan fingerprint density at radius 1 is 0.365 bits per heavy atom. The van der Waals surface area contributed by atoms with E-state index in [1.54, 1.807) is 0 Å². The lowest BCUT2D eigenvalue weighted by Gasteiger charge is -2.18. The number of carbonyl (C=O) groups is 3. The third-order valence-corrected chi connectivity index (χ3v) is 10.3. The van der Waals surface area contributed by atoms with Crippen molar-refractivity contribution in [2.45, 2.75) is 259 Å². The highest BCUT2D eigenvalue weighted by Gasteiger charge is 2.19. The third kappa shape index (κ3) is 39.6. The molecule has 0 aliphatic heterocycles. The van der Waals surface area contributed by atoms with Crippen LogP contribution in [0.3, 0.4) is 0 Å². The molecule has 52 heavy (non-hydrogen) atoms. The Morgan fingerprint density at radius 2 is 0.635 bits per heavy atom. The van der Waals surface area contributed by atoms with Crippen molar-refractivity contribution in [2.75, 3.05) is 13.2 Å². The zero-order valence-electron chi connectivity index (χ0n) is 35.3. The smallest absolute Gasteiger partial charge is 0.306 e. The van der Waals surface area contributed by atoms with Crippen molar-refractivity contribution in [3.8, 4) is 0 Å². The maximum absolute atomic E-state index is 12.7. The molecule has 1 atom stereocenters. The normalized spacial score (nSPS) is 11.9. The van der Waals surface area contributed by atoms with Gasteiger partial charge in [-0.2, -0.15) is 0 Å². The van der Waals surface area contributed by atoms with Crippen molar-refractivity contribution in [3.63, 3.8) is 0 Å². The van der Waals surface area contributed by atoms with Crippen LogP contribution in [-0.2, 0) is 28.6 Å². The first-order valence-electron chi connectivity index (χ1n) is 22.9. The lowest BCUT2D eigenvalue weighted by Crippen LogP contribution is -2.30. The summed E-state index contributed by atoms with van der Waals surface area (Å²) in [4.78, 5) is 37.6. The topological polar surface area (TPSA) is 78.9 Å². The number of hydrogen-bond acceptors (Lipinski definition) is 6. The molecule has 6 heteroatoms. The highest BCUT2D eigenvalue weighted by Crippen LogP contribution is 2.16. The molecule has 0 N–H and O–H groups in total. The van der Waals surface area contributed by atoms with Crippen molar-refractivity contribution in [1.82, 2.24) is 0 Å². The molecule has 0 bridgehead atoms. The number of ether oxygens (including phenoxy) is 3. The second-order valence-electron chi connectivity index (χ2n) is 16.2. The fourth-order valence-electron chi connectivity index (χ4n) is 6.80. The van der Waals surface area contributed by atoms with E-state index in [-0.39, 0.29) is 31.1 Å². The summed E-state index contributed by atoms with van der Waals surface area (Å²) in [6.45, 7) is 8.96. The highest BCUT2D eigenvalue weighted by atomic mass is 16.6. The largest absolute Gasteiger partial charge is 0.462 e. The molecule has 308 valence electrons. The van der Waals surface area contributed by atoms with E-state index in [0.717, 1.165) is 63.7 Å². The van der Waals surface area contributed by atoms with Crippen LogP contribution in [0.2, 0.25) is 0 Å². The maximum atomic E-state index is 12.7. The predicted molar refractivity (Wildman–Crippen MR) is 220 cm³/mol. The Balaban J connectivity index is 4.32. The van der Waals surface area contributed by atoms with Crippen LogP contribution in [0, 0.1) is 5.92 Å². The second kappa shape index (κ2) is 40.6. The van der Waals surface area contributed by atoms with E-state index >= 15 is 0 Å². The quantitative estimate of drug-likeness (QED) is 0.0353. The molecular formula is C46H88O6. The van der Waals surface area contributed by atoms with Gasteiger partial charge in [-0.1, -0.05) is 214 Å². The molecule has 0 saturated heterocycles. The monoisotopic (exact) mass is 737 g/mol. The second-order valence-corrected chi connectivity index (χ2v) is 16.2. The van der Waals surface area contributed by atoms with Gasteiger partial charge in [0.25, 0.3) is 0 Å². The molecule has 0 radical (unpaired) electrons. The van der Waals surface area contributed by atoms with Gasteiger partial charge in [0.2, 0.25) is 0 Å².